The molecule has 0 rings (SSSR count). The first-order chi connectivity index (χ1) is 4.04. The van der Waals surface area contributed by atoms with E-state index in [1.165, 1.54) is 11.3 Å². The summed E-state index contributed by atoms with van der Waals surface area (Å²) in [4.78, 5) is 0. The molecule has 0 fully saturated rings. The zero-order valence-corrected chi connectivity index (χ0v) is 7.93. The van der Waals surface area contributed by atoms with Gasteiger partial charge in [-0.25, -0.2) is 0 Å². The number of hydrogen-bond acceptors (Lipinski definition) is 0. The molecular formula is C8H17S+. The molecule has 54 valence electrons. The summed E-state index contributed by atoms with van der Waals surface area (Å²) in [5, 5.41) is 0. The van der Waals surface area contributed by atoms with Gasteiger partial charge in [0.1, 0.15) is 5.75 Å². The lowest BCUT2D eigenvalue weighted by atomic mass is 10.2. The average Bonchev–Trinajstić information content (AvgIpc) is 1.63. The molecule has 0 unspecified atom stereocenters. The Morgan fingerprint density at radius 3 is 1.67 bits per heavy atom. The largest absolute Gasteiger partial charge is 0.128 e. The zero-order valence-electron chi connectivity index (χ0n) is 7.12. The van der Waals surface area contributed by atoms with Crippen molar-refractivity contribution >= 4 is 10.9 Å². The lowest BCUT2D eigenvalue weighted by Crippen LogP contribution is -2.03. The van der Waals surface area contributed by atoms with E-state index in [1.54, 1.807) is 5.57 Å². The van der Waals surface area contributed by atoms with Crippen molar-refractivity contribution in [1.82, 2.24) is 0 Å². The molecule has 9 heavy (non-hydrogen) atoms. The summed E-state index contributed by atoms with van der Waals surface area (Å²) in [5.41, 5.74) is 3.04. The quantitative estimate of drug-likeness (QED) is 0.413. The minimum atomic E-state index is 0.576. The average molecular weight is 145 g/mol. The summed E-state index contributed by atoms with van der Waals surface area (Å²) < 4.78 is 0. The lowest BCUT2D eigenvalue weighted by Gasteiger charge is -1.99. The Labute approximate surface area is 61.7 Å². The second-order valence-electron chi connectivity index (χ2n) is 2.91. The molecule has 0 aromatic heterocycles. The second-order valence-corrected chi connectivity index (χ2v) is 5.17. The van der Waals surface area contributed by atoms with Crippen molar-refractivity contribution in [3.8, 4) is 0 Å². The van der Waals surface area contributed by atoms with E-state index < -0.39 is 0 Å². The molecule has 0 aliphatic carbocycles. The first-order valence-corrected chi connectivity index (χ1v) is 5.42. The molecule has 0 saturated carbocycles. The van der Waals surface area contributed by atoms with Gasteiger partial charge in [-0.05, 0) is 37.2 Å². The number of hydrogen-bond donors (Lipinski definition) is 0. The summed E-state index contributed by atoms with van der Waals surface area (Å²) in [6.07, 6.45) is 4.57. The molecule has 0 spiro atoms. The van der Waals surface area contributed by atoms with Crippen molar-refractivity contribution < 1.29 is 0 Å². The van der Waals surface area contributed by atoms with Crippen LogP contribution in [0.3, 0.4) is 0 Å². The number of allylic oxidation sites excluding steroid dienone is 1. The van der Waals surface area contributed by atoms with E-state index >= 15 is 0 Å². The van der Waals surface area contributed by atoms with Crippen LogP contribution in [0.2, 0.25) is 0 Å². The van der Waals surface area contributed by atoms with E-state index in [2.05, 4.69) is 33.3 Å². The summed E-state index contributed by atoms with van der Waals surface area (Å²) in [6, 6.07) is 0. The van der Waals surface area contributed by atoms with E-state index in [0.29, 0.717) is 10.9 Å². The van der Waals surface area contributed by atoms with Gasteiger partial charge in [0.25, 0.3) is 0 Å². The molecule has 0 radical (unpaired) electrons. The van der Waals surface area contributed by atoms with Crippen LogP contribution in [-0.4, -0.2) is 18.3 Å². The van der Waals surface area contributed by atoms with Crippen molar-refractivity contribution in [3.05, 3.63) is 11.1 Å². The predicted octanol–water partition coefficient (Wildman–Crippen LogP) is 2.22. The van der Waals surface area contributed by atoms with Gasteiger partial charge in [0.15, 0.2) is 0 Å². The monoisotopic (exact) mass is 145 g/mol. The topological polar surface area (TPSA) is 0 Å². The molecule has 1 heteroatoms. The molecule has 0 aromatic carbocycles. The van der Waals surface area contributed by atoms with Crippen molar-refractivity contribution in [3.63, 3.8) is 0 Å². The van der Waals surface area contributed by atoms with Gasteiger partial charge in [0, 0.05) is 0 Å². The third-order valence-corrected chi connectivity index (χ3v) is 2.37. The maximum Gasteiger partial charge on any atom is 0.128 e. The minimum absolute atomic E-state index is 0.576. The molecule has 0 atom stereocenters. The molecule has 0 aliphatic rings. The highest BCUT2D eigenvalue weighted by Crippen LogP contribution is 2.04. The Morgan fingerprint density at radius 1 is 1.11 bits per heavy atom. The fraction of sp³-hybridized carbons (Fsp3) is 0.750. The highest BCUT2D eigenvalue weighted by atomic mass is 32.2. The van der Waals surface area contributed by atoms with Gasteiger partial charge in [-0.3, -0.25) is 0 Å². The first-order valence-electron chi connectivity index (χ1n) is 3.21. The third-order valence-electron chi connectivity index (χ3n) is 1.36. The second kappa shape index (κ2) is 3.99. The molecule has 0 amide bonds. The Hall–Kier alpha value is 0.0900. The van der Waals surface area contributed by atoms with Crippen LogP contribution in [-0.2, 0) is 10.9 Å². The first kappa shape index (κ1) is 9.09. The predicted molar refractivity (Wildman–Crippen MR) is 48.1 cm³/mol. The SMILES string of the molecule is CC(C)=C(C)C[S+](C)C. The molecule has 0 nitrogen and oxygen atoms in total. The van der Waals surface area contributed by atoms with Gasteiger partial charge < -0.3 is 0 Å². The minimum Gasteiger partial charge on any atom is -0.0729 e. The van der Waals surface area contributed by atoms with Gasteiger partial charge in [-0.15, -0.1) is 0 Å². The van der Waals surface area contributed by atoms with Gasteiger partial charge in [-0.1, -0.05) is 5.57 Å². The van der Waals surface area contributed by atoms with Crippen LogP contribution in [0.5, 0.6) is 0 Å². The molecule has 0 aromatic rings. The van der Waals surface area contributed by atoms with Crippen LogP contribution < -0.4 is 0 Å². The van der Waals surface area contributed by atoms with Crippen LogP contribution in [0.4, 0.5) is 0 Å². The summed E-state index contributed by atoms with van der Waals surface area (Å²) in [7, 11) is 0.576. The number of rotatable bonds is 2. The highest BCUT2D eigenvalue weighted by Gasteiger charge is 2.03. The third kappa shape index (κ3) is 4.58. The van der Waals surface area contributed by atoms with Crippen LogP contribution in [0.15, 0.2) is 11.1 Å². The Morgan fingerprint density at radius 2 is 1.56 bits per heavy atom. The molecule has 0 saturated heterocycles. The van der Waals surface area contributed by atoms with Crippen LogP contribution in [0, 0.1) is 0 Å². The smallest absolute Gasteiger partial charge is 0.0729 e. The Kier molecular flexibility index (Phi) is 4.03. The van der Waals surface area contributed by atoms with Gasteiger partial charge in [0.2, 0.25) is 0 Å². The standard InChI is InChI=1S/C8H17S/c1-7(2)8(3)6-9(4)5/h6H2,1-5H3/q+1. The van der Waals surface area contributed by atoms with E-state index in [-0.39, 0.29) is 0 Å². The fourth-order valence-electron chi connectivity index (χ4n) is 0.577. The molecular weight excluding hydrogens is 128 g/mol. The Bertz CT molecular complexity index is 108. The van der Waals surface area contributed by atoms with E-state index in [4.69, 9.17) is 0 Å². The van der Waals surface area contributed by atoms with Crippen molar-refractivity contribution in [1.29, 1.82) is 0 Å². The van der Waals surface area contributed by atoms with Crippen LogP contribution in [0.25, 0.3) is 0 Å². The summed E-state index contributed by atoms with van der Waals surface area (Å²) >= 11 is 0. The van der Waals surface area contributed by atoms with E-state index in [1.807, 2.05) is 0 Å². The normalized spacial score (nSPS) is 10.0. The van der Waals surface area contributed by atoms with Crippen molar-refractivity contribution in [2.45, 2.75) is 20.8 Å². The summed E-state index contributed by atoms with van der Waals surface area (Å²) in [5.74, 6) is 1.28. The summed E-state index contributed by atoms with van der Waals surface area (Å²) in [6.45, 7) is 6.59. The van der Waals surface area contributed by atoms with Crippen LogP contribution in [0.1, 0.15) is 20.8 Å². The lowest BCUT2D eigenvalue weighted by molar-refractivity contribution is 1.24. The highest BCUT2D eigenvalue weighted by molar-refractivity contribution is 7.95. The van der Waals surface area contributed by atoms with E-state index in [9.17, 15) is 0 Å². The van der Waals surface area contributed by atoms with E-state index in [0.717, 1.165) is 0 Å². The van der Waals surface area contributed by atoms with Gasteiger partial charge >= 0.3 is 0 Å². The zero-order chi connectivity index (χ0) is 7.44. The van der Waals surface area contributed by atoms with Crippen molar-refractivity contribution in [2.24, 2.45) is 0 Å². The molecule has 0 N–H and O–H groups in total. The van der Waals surface area contributed by atoms with Gasteiger partial charge in [-0.2, -0.15) is 0 Å². The Balaban J connectivity index is 3.77. The maximum atomic E-state index is 2.28. The van der Waals surface area contributed by atoms with Gasteiger partial charge in [0.05, 0.1) is 12.5 Å². The van der Waals surface area contributed by atoms with Crippen molar-refractivity contribution in [2.75, 3.05) is 18.3 Å². The van der Waals surface area contributed by atoms with Crippen LogP contribution >= 0.6 is 0 Å². The maximum absolute atomic E-state index is 2.28. The molecule has 0 heterocycles. The molecule has 0 aliphatic heterocycles. The fourth-order valence-corrected chi connectivity index (χ4v) is 1.73. The molecule has 0 bridgehead atoms.